The van der Waals surface area contributed by atoms with E-state index in [9.17, 15) is 0 Å². The first-order valence-corrected chi connectivity index (χ1v) is 6.42. The van der Waals surface area contributed by atoms with Crippen LogP contribution in [-0.4, -0.2) is 42.6 Å². The largest absolute Gasteiger partial charge is 0.381 e. The van der Waals surface area contributed by atoms with Gasteiger partial charge in [0, 0.05) is 24.5 Å². The van der Waals surface area contributed by atoms with E-state index in [-0.39, 0.29) is 0 Å². The van der Waals surface area contributed by atoms with Crippen molar-refractivity contribution in [2.75, 3.05) is 20.7 Å². The van der Waals surface area contributed by atoms with E-state index in [2.05, 4.69) is 34.8 Å². The summed E-state index contributed by atoms with van der Waals surface area (Å²) < 4.78 is 5.44. The molecule has 0 bridgehead atoms. The number of rotatable bonds is 4. The third kappa shape index (κ3) is 3.87. The van der Waals surface area contributed by atoms with Crippen molar-refractivity contribution < 1.29 is 4.74 Å². The molecule has 84 valence electrons. The maximum absolute atomic E-state index is 5.44. The van der Waals surface area contributed by atoms with Gasteiger partial charge in [0.1, 0.15) is 0 Å². The molecule has 0 aromatic heterocycles. The molecular weight excluding hydrogens is 242 g/mol. The van der Waals surface area contributed by atoms with Gasteiger partial charge in [-0.1, -0.05) is 22.9 Å². The van der Waals surface area contributed by atoms with Gasteiger partial charge in [0.2, 0.25) is 0 Å². The Bertz CT molecular complexity index is 163. The second-order valence-corrected chi connectivity index (χ2v) is 5.96. The number of hydrogen-bond donors (Lipinski definition) is 0. The van der Waals surface area contributed by atoms with Crippen molar-refractivity contribution >= 4 is 15.9 Å². The number of methoxy groups -OCH3 is 1. The van der Waals surface area contributed by atoms with Crippen molar-refractivity contribution in [1.29, 1.82) is 0 Å². The highest BCUT2D eigenvalue weighted by atomic mass is 79.9. The summed E-state index contributed by atoms with van der Waals surface area (Å²) in [5.41, 5.74) is 0. The number of ether oxygens (including phenoxy) is 1. The standard InChI is InChI=1S/C11H22BrNO/c1-9(12)8-13(2)10-5-4-6-11(7-10)14-3/h9-11H,4-8H2,1-3H3. The van der Waals surface area contributed by atoms with Crippen LogP contribution in [0.5, 0.6) is 0 Å². The first-order chi connectivity index (χ1) is 6.63. The molecule has 3 heteroatoms. The molecule has 1 saturated carbocycles. The Hall–Kier alpha value is 0.400. The Balaban J connectivity index is 2.35. The average Bonchev–Trinajstić information content (AvgIpc) is 2.17. The molecule has 3 unspecified atom stereocenters. The fraction of sp³-hybridized carbons (Fsp3) is 1.00. The lowest BCUT2D eigenvalue weighted by Gasteiger charge is -2.35. The van der Waals surface area contributed by atoms with Crippen LogP contribution in [0.15, 0.2) is 0 Å². The molecule has 1 aliphatic rings. The van der Waals surface area contributed by atoms with Gasteiger partial charge in [0.15, 0.2) is 0 Å². The van der Waals surface area contributed by atoms with Gasteiger partial charge in [-0.05, 0) is 32.7 Å². The van der Waals surface area contributed by atoms with Crippen molar-refractivity contribution in [1.82, 2.24) is 4.90 Å². The molecular formula is C11H22BrNO. The van der Waals surface area contributed by atoms with Gasteiger partial charge in [-0.15, -0.1) is 0 Å². The van der Waals surface area contributed by atoms with Crippen LogP contribution in [-0.2, 0) is 4.74 Å². The van der Waals surface area contributed by atoms with Crippen LogP contribution in [0.25, 0.3) is 0 Å². The summed E-state index contributed by atoms with van der Waals surface area (Å²) in [7, 11) is 4.06. The molecule has 0 spiro atoms. The number of hydrogen-bond acceptors (Lipinski definition) is 2. The van der Waals surface area contributed by atoms with E-state index in [0.717, 1.165) is 6.54 Å². The quantitative estimate of drug-likeness (QED) is 0.724. The van der Waals surface area contributed by atoms with Gasteiger partial charge >= 0.3 is 0 Å². The second kappa shape index (κ2) is 6.09. The van der Waals surface area contributed by atoms with Crippen molar-refractivity contribution in [3.8, 4) is 0 Å². The number of halogens is 1. The lowest BCUT2D eigenvalue weighted by atomic mass is 9.92. The molecule has 14 heavy (non-hydrogen) atoms. The monoisotopic (exact) mass is 263 g/mol. The first kappa shape index (κ1) is 12.5. The smallest absolute Gasteiger partial charge is 0.0586 e. The van der Waals surface area contributed by atoms with E-state index in [1.807, 2.05) is 7.11 Å². The zero-order chi connectivity index (χ0) is 10.6. The Labute approximate surface area is 96.1 Å². The van der Waals surface area contributed by atoms with Crippen molar-refractivity contribution in [2.45, 2.75) is 49.6 Å². The van der Waals surface area contributed by atoms with E-state index >= 15 is 0 Å². The molecule has 1 rings (SSSR count). The van der Waals surface area contributed by atoms with Gasteiger partial charge in [0.25, 0.3) is 0 Å². The molecule has 0 aromatic rings. The third-order valence-electron chi connectivity index (χ3n) is 3.09. The zero-order valence-electron chi connectivity index (χ0n) is 9.50. The Morgan fingerprint density at radius 2 is 2.21 bits per heavy atom. The minimum Gasteiger partial charge on any atom is -0.381 e. The van der Waals surface area contributed by atoms with Crippen molar-refractivity contribution in [3.05, 3.63) is 0 Å². The highest BCUT2D eigenvalue weighted by molar-refractivity contribution is 9.09. The lowest BCUT2D eigenvalue weighted by molar-refractivity contribution is 0.0350. The molecule has 1 fully saturated rings. The Morgan fingerprint density at radius 3 is 2.79 bits per heavy atom. The van der Waals surface area contributed by atoms with Crippen LogP contribution in [0.2, 0.25) is 0 Å². The van der Waals surface area contributed by atoms with Crippen LogP contribution in [0.4, 0.5) is 0 Å². The topological polar surface area (TPSA) is 12.5 Å². The molecule has 2 nitrogen and oxygen atoms in total. The zero-order valence-corrected chi connectivity index (χ0v) is 11.1. The van der Waals surface area contributed by atoms with E-state index < -0.39 is 0 Å². The van der Waals surface area contributed by atoms with Crippen molar-refractivity contribution in [2.24, 2.45) is 0 Å². The Kier molecular flexibility index (Phi) is 5.42. The predicted octanol–water partition coefficient (Wildman–Crippen LogP) is 2.66. The third-order valence-corrected chi connectivity index (χ3v) is 3.38. The highest BCUT2D eigenvalue weighted by Crippen LogP contribution is 2.24. The molecule has 0 N–H and O–H groups in total. The molecule has 1 aliphatic carbocycles. The van der Waals surface area contributed by atoms with Crippen LogP contribution in [0.3, 0.4) is 0 Å². The first-order valence-electron chi connectivity index (χ1n) is 5.50. The summed E-state index contributed by atoms with van der Waals surface area (Å²) >= 11 is 3.60. The van der Waals surface area contributed by atoms with Gasteiger partial charge in [-0.3, -0.25) is 0 Å². The summed E-state index contributed by atoms with van der Waals surface area (Å²) in [5, 5.41) is 0. The lowest BCUT2D eigenvalue weighted by Crippen LogP contribution is -2.40. The molecule has 0 radical (unpaired) electrons. The van der Waals surface area contributed by atoms with Gasteiger partial charge in [-0.25, -0.2) is 0 Å². The van der Waals surface area contributed by atoms with E-state index in [4.69, 9.17) is 4.74 Å². The molecule has 0 heterocycles. The normalized spacial score (nSPS) is 30.6. The fourth-order valence-electron chi connectivity index (χ4n) is 2.28. The summed E-state index contributed by atoms with van der Waals surface area (Å²) in [6, 6.07) is 0.716. The van der Waals surface area contributed by atoms with E-state index in [0.29, 0.717) is 17.0 Å². The molecule has 0 saturated heterocycles. The maximum atomic E-state index is 5.44. The van der Waals surface area contributed by atoms with Gasteiger partial charge < -0.3 is 9.64 Å². The molecule has 0 aromatic carbocycles. The van der Waals surface area contributed by atoms with Crippen molar-refractivity contribution in [3.63, 3.8) is 0 Å². The van der Waals surface area contributed by atoms with Crippen LogP contribution in [0.1, 0.15) is 32.6 Å². The average molecular weight is 264 g/mol. The van der Waals surface area contributed by atoms with E-state index in [1.54, 1.807) is 0 Å². The minimum atomic E-state index is 0.488. The van der Waals surface area contributed by atoms with Gasteiger partial charge in [-0.2, -0.15) is 0 Å². The summed E-state index contributed by atoms with van der Waals surface area (Å²) in [6.07, 6.45) is 5.57. The summed E-state index contributed by atoms with van der Waals surface area (Å²) in [5.74, 6) is 0. The van der Waals surface area contributed by atoms with Crippen LogP contribution < -0.4 is 0 Å². The SMILES string of the molecule is COC1CCCC(N(C)CC(C)Br)C1. The van der Waals surface area contributed by atoms with Gasteiger partial charge in [0.05, 0.1) is 6.10 Å². The second-order valence-electron chi connectivity index (χ2n) is 4.40. The number of nitrogens with zero attached hydrogens (tertiary/aromatic N) is 1. The predicted molar refractivity (Wildman–Crippen MR) is 64.1 cm³/mol. The number of alkyl halides is 1. The molecule has 3 atom stereocenters. The van der Waals surface area contributed by atoms with Crippen LogP contribution >= 0.6 is 15.9 Å². The molecule has 0 amide bonds. The highest BCUT2D eigenvalue weighted by Gasteiger charge is 2.24. The molecule has 0 aliphatic heterocycles. The van der Waals surface area contributed by atoms with E-state index in [1.165, 1.54) is 25.7 Å². The summed E-state index contributed by atoms with van der Waals surface area (Å²) in [4.78, 5) is 3.04. The maximum Gasteiger partial charge on any atom is 0.0586 e. The fourth-order valence-corrected chi connectivity index (χ4v) is 2.74. The Morgan fingerprint density at radius 1 is 1.50 bits per heavy atom. The van der Waals surface area contributed by atoms with Crippen LogP contribution in [0, 0.1) is 0 Å². The summed E-state index contributed by atoms with van der Waals surface area (Å²) in [6.45, 7) is 3.33. The minimum absolute atomic E-state index is 0.488.